The lowest BCUT2D eigenvalue weighted by molar-refractivity contribution is -0.134. The van der Waals surface area contributed by atoms with Gasteiger partial charge in [0.15, 0.2) is 0 Å². The minimum absolute atomic E-state index is 0.0787. The predicted molar refractivity (Wildman–Crippen MR) is 95.6 cm³/mol. The molecule has 0 spiro atoms. The molecule has 0 radical (unpaired) electrons. The molecule has 1 aliphatic heterocycles. The number of rotatable bonds is 4. The first kappa shape index (κ1) is 18.3. The summed E-state index contributed by atoms with van der Waals surface area (Å²) in [6.07, 6.45) is 4.13. The maximum atomic E-state index is 12.4. The lowest BCUT2D eigenvalue weighted by Gasteiger charge is -2.36. The van der Waals surface area contributed by atoms with Gasteiger partial charge in [-0.15, -0.1) is 0 Å². The van der Waals surface area contributed by atoms with E-state index in [2.05, 4.69) is 15.3 Å². The fourth-order valence-corrected chi connectivity index (χ4v) is 3.13. The van der Waals surface area contributed by atoms with Gasteiger partial charge in [-0.25, -0.2) is 4.98 Å². The second-order valence-corrected chi connectivity index (χ2v) is 6.61. The molecule has 1 aromatic carbocycles. The Morgan fingerprint density at radius 1 is 1.35 bits per heavy atom. The van der Waals surface area contributed by atoms with Crippen molar-refractivity contribution < 1.29 is 14.7 Å². The number of nitrogens with one attached hydrogen (secondary N) is 1. The first-order chi connectivity index (χ1) is 12.5. The predicted octanol–water partition coefficient (Wildman–Crippen LogP) is 1.06. The lowest BCUT2D eigenvalue weighted by atomic mass is 10.0. The Morgan fingerprint density at radius 3 is 2.88 bits per heavy atom. The number of halogens is 1. The topological polar surface area (TPSA) is 95.4 Å². The molecule has 2 heterocycles. The van der Waals surface area contributed by atoms with Crippen molar-refractivity contribution in [2.24, 2.45) is 0 Å². The molecule has 8 heteroatoms. The second-order valence-electron chi connectivity index (χ2n) is 6.17. The number of likely N-dealkylation sites (tertiary alicyclic amines) is 1. The van der Waals surface area contributed by atoms with Crippen molar-refractivity contribution in [2.75, 3.05) is 13.1 Å². The Bertz CT molecular complexity index is 787. The number of hydrogen-bond acceptors (Lipinski definition) is 5. The van der Waals surface area contributed by atoms with Crippen LogP contribution < -0.4 is 5.32 Å². The van der Waals surface area contributed by atoms with Gasteiger partial charge in [-0.3, -0.25) is 14.6 Å². The zero-order valence-electron chi connectivity index (χ0n) is 14.0. The minimum atomic E-state index is -0.840. The Morgan fingerprint density at radius 2 is 2.19 bits per heavy atom. The van der Waals surface area contributed by atoms with Crippen LogP contribution in [-0.2, 0) is 11.2 Å². The molecule has 1 fully saturated rings. The van der Waals surface area contributed by atoms with Crippen LogP contribution in [0, 0.1) is 0 Å². The summed E-state index contributed by atoms with van der Waals surface area (Å²) in [6.45, 7) is 0.632. The highest BCUT2D eigenvalue weighted by molar-refractivity contribution is 6.30. The summed E-state index contributed by atoms with van der Waals surface area (Å²) in [5.74, 6) is -0.467. The molecule has 3 rings (SSSR count). The van der Waals surface area contributed by atoms with E-state index in [0.717, 1.165) is 5.56 Å². The van der Waals surface area contributed by atoms with Crippen LogP contribution in [0.25, 0.3) is 0 Å². The summed E-state index contributed by atoms with van der Waals surface area (Å²) in [4.78, 5) is 34.0. The molecule has 2 N–H and O–H groups in total. The van der Waals surface area contributed by atoms with Gasteiger partial charge in [-0.05, 0) is 24.1 Å². The number of carbonyl (C=O) groups excluding carboxylic acids is 2. The Hall–Kier alpha value is -2.51. The molecule has 26 heavy (non-hydrogen) atoms. The molecule has 0 bridgehead atoms. The summed E-state index contributed by atoms with van der Waals surface area (Å²) < 4.78 is 0. The van der Waals surface area contributed by atoms with E-state index in [-0.39, 0.29) is 30.5 Å². The van der Waals surface area contributed by atoms with Crippen LogP contribution in [-0.4, -0.2) is 57.0 Å². The number of hydrogen-bond donors (Lipinski definition) is 2. The first-order valence-electron chi connectivity index (χ1n) is 8.30. The van der Waals surface area contributed by atoms with E-state index in [0.29, 0.717) is 18.0 Å². The number of carbonyl (C=O) groups is 2. The van der Waals surface area contributed by atoms with Crippen LogP contribution in [0.4, 0.5) is 0 Å². The molecule has 2 amide bonds. The molecule has 0 aliphatic carbocycles. The summed E-state index contributed by atoms with van der Waals surface area (Å²) in [7, 11) is 0. The van der Waals surface area contributed by atoms with Crippen molar-refractivity contribution in [2.45, 2.75) is 25.0 Å². The molecular weight excluding hydrogens is 356 g/mol. The summed E-state index contributed by atoms with van der Waals surface area (Å²) in [6, 6.07) is 6.72. The molecule has 136 valence electrons. The average molecular weight is 375 g/mol. The van der Waals surface area contributed by atoms with Crippen molar-refractivity contribution in [1.82, 2.24) is 20.2 Å². The number of nitrogens with zero attached hydrogens (tertiary/aromatic N) is 3. The van der Waals surface area contributed by atoms with Gasteiger partial charge in [0.2, 0.25) is 5.91 Å². The van der Waals surface area contributed by atoms with Crippen LogP contribution >= 0.6 is 11.6 Å². The number of aromatic nitrogens is 2. The number of aliphatic hydroxyl groups is 1. The van der Waals surface area contributed by atoms with Crippen LogP contribution in [0.1, 0.15) is 22.5 Å². The Balaban J connectivity index is 1.54. The summed E-state index contributed by atoms with van der Waals surface area (Å²) in [5, 5.41) is 13.7. The monoisotopic (exact) mass is 374 g/mol. The third-order valence-corrected chi connectivity index (χ3v) is 4.53. The summed E-state index contributed by atoms with van der Waals surface area (Å²) in [5.41, 5.74) is 1.02. The van der Waals surface area contributed by atoms with E-state index >= 15 is 0 Å². The second kappa shape index (κ2) is 8.25. The number of amides is 2. The van der Waals surface area contributed by atoms with Gasteiger partial charge in [0.1, 0.15) is 5.69 Å². The van der Waals surface area contributed by atoms with E-state index in [4.69, 9.17) is 11.6 Å². The summed E-state index contributed by atoms with van der Waals surface area (Å²) >= 11 is 5.94. The highest BCUT2D eigenvalue weighted by Gasteiger charge is 2.31. The largest absolute Gasteiger partial charge is 0.389 e. The molecule has 1 aliphatic rings. The average Bonchev–Trinajstić information content (AvgIpc) is 2.64. The van der Waals surface area contributed by atoms with Crippen LogP contribution in [0.2, 0.25) is 5.02 Å². The third-order valence-electron chi connectivity index (χ3n) is 4.29. The van der Waals surface area contributed by atoms with Gasteiger partial charge in [-0.1, -0.05) is 23.7 Å². The lowest BCUT2D eigenvalue weighted by Crippen LogP contribution is -2.55. The van der Waals surface area contributed by atoms with E-state index in [1.807, 2.05) is 6.07 Å². The van der Waals surface area contributed by atoms with E-state index in [9.17, 15) is 14.7 Å². The molecule has 0 saturated carbocycles. The normalized spacial score (nSPS) is 19.8. The minimum Gasteiger partial charge on any atom is -0.389 e. The van der Waals surface area contributed by atoms with Gasteiger partial charge < -0.3 is 15.3 Å². The quantitative estimate of drug-likeness (QED) is 0.834. The highest BCUT2D eigenvalue weighted by Crippen LogP contribution is 2.16. The molecule has 2 aromatic rings. The van der Waals surface area contributed by atoms with Crippen LogP contribution in [0.3, 0.4) is 0 Å². The molecule has 2 atom stereocenters. The van der Waals surface area contributed by atoms with Crippen molar-refractivity contribution in [3.8, 4) is 0 Å². The Labute approximate surface area is 156 Å². The SMILES string of the molecule is O=C(NC1CCN(C(=O)Cc2cccc(Cl)c2)CC1O)c1cnccn1. The molecular formula is C18H19ClN4O3. The van der Waals surface area contributed by atoms with Crippen LogP contribution in [0.5, 0.6) is 0 Å². The number of piperidine rings is 1. The van der Waals surface area contributed by atoms with Crippen molar-refractivity contribution in [1.29, 1.82) is 0 Å². The maximum Gasteiger partial charge on any atom is 0.271 e. The smallest absolute Gasteiger partial charge is 0.271 e. The first-order valence-corrected chi connectivity index (χ1v) is 8.68. The van der Waals surface area contributed by atoms with E-state index < -0.39 is 12.1 Å². The van der Waals surface area contributed by atoms with Gasteiger partial charge in [0.05, 0.1) is 24.8 Å². The highest BCUT2D eigenvalue weighted by atomic mass is 35.5. The van der Waals surface area contributed by atoms with E-state index in [1.165, 1.54) is 18.6 Å². The van der Waals surface area contributed by atoms with Crippen molar-refractivity contribution in [3.63, 3.8) is 0 Å². The standard InChI is InChI=1S/C18H19ClN4O3/c19-13-3-1-2-12(8-13)9-17(25)23-7-4-14(16(24)11-23)22-18(26)15-10-20-5-6-21-15/h1-3,5-6,8,10,14,16,24H,4,7,9,11H2,(H,22,26). The van der Waals surface area contributed by atoms with Gasteiger partial charge in [0, 0.05) is 30.5 Å². The third kappa shape index (κ3) is 4.56. The Kier molecular flexibility index (Phi) is 5.80. The number of aliphatic hydroxyl groups excluding tert-OH is 1. The fourth-order valence-electron chi connectivity index (χ4n) is 2.92. The molecule has 1 aromatic heterocycles. The molecule has 7 nitrogen and oxygen atoms in total. The zero-order chi connectivity index (χ0) is 18.5. The molecule has 1 saturated heterocycles. The number of benzene rings is 1. The molecule has 2 unspecified atom stereocenters. The van der Waals surface area contributed by atoms with Crippen molar-refractivity contribution in [3.05, 3.63) is 59.1 Å². The van der Waals surface area contributed by atoms with Crippen LogP contribution in [0.15, 0.2) is 42.9 Å². The fraction of sp³-hybridized carbons (Fsp3) is 0.333. The van der Waals surface area contributed by atoms with Gasteiger partial charge in [-0.2, -0.15) is 0 Å². The van der Waals surface area contributed by atoms with Gasteiger partial charge >= 0.3 is 0 Å². The zero-order valence-corrected chi connectivity index (χ0v) is 14.8. The number of β-amino-alcohol motifs (C(OH)–C–C–N with tert-alkyl or cyclic N) is 1. The van der Waals surface area contributed by atoms with E-state index in [1.54, 1.807) is 23.1 Å². The van der Waals surface area contributed by atoms with Gasteiger partial charge in [0.25, 0.3) is 5.91 Å². The van der Waals surface area contributed by atoms with Crippen molar-refractivity contribution >= 4 is 23.4 Å². The maximum absolute atomic E-state index is 12.4.